The smallest absolute Gasteiger partial charge is 0.173 e. The molecule has 0 aromatic heterocycles. The lowest BCUT2D eigenvalue weighted by atomic mass is 9.80. The molecular formula is C27H39ClO2. The van der Waals surface area contributed by atoms with Crippen LogP contribution in [0.2, 0.25) is 0 Å². The molecule has 0 aliphatic rings. The van der Waals surface area contributed by atoms with Crippen LogP contribution in [0.15, 0.2) is 30.3 Å². The minimum Gasteiger partial charge on any atom is -0.490 e. The predicted molar refractivity (Wildman–Crippen MR) is 129 cm³/mol. The highest BCUT2D eigenvalue weighted by Crippen LogP contribution is 2.49. The van der Waals surface area contributed by atoms with E-state index in [9.17, 15) is 0 Å². The molecule has 0 atom stereocenters. The zero-order valence-electron chi connectivity index (χ0n) is 20.1. The van der Waals surface area contributed by atoms with Crippen molar-refractivity contribution in [2.24, 2.45) is 11.8 Å². The van der Waals surface area contributed by atoms with E-state index in [0.29, 0.717) is 18.4 Å². The van der Waals surface area contributed by atoms with Gasteiger partial charge in [-0.1, -0.05) is 52.8 Å². The number of rotatable bonds is 10. The van der Waals surface area contributed by atoms with E-state index < -0.39 is 4.87 Å². The van der Waals surface area contributed by atoms with Crippen LogP contribution in [-0.4, -0.2) is 6.61 Å². The first-order valence-corrected chi connectivity index (χ1v) is 11.7. The zero-order valence-corrected chi connectivity index (χ0v) is 20.8. The van der Waals surface area contributed by atoms with Crippen LogP contribution in [0.5, 0.6) is 17.2 Å². The second-order valence-electron chi connectivity index (χ2n) is 9.34. The van der Waals surface area contributed by atoms with Gasteiger partial charge in [-0.05, 0) is 75.1 Å². The molecule has 0 fully saturated rings. The molecule has 2 rings (SSSR count). The molecule has 2 aromatic carbocycles. The Balaban J connectivity index is 2.94. The van der Waals surface area contributed by atoms with E-state index in [1.54, 1.807) is 0 Å². The number of benzene rings is 2. The second-order valence-corrected chi connectivity index (χ2v) is 10.3. The molecule has 0 aliphatic carbocycles. The van der Waals surface area contributed by atoms with Crippen molar-refractivity contribution in [3.05, 3.63) is 52.6 Å². The highest BCUT2D eigenvalue weighted by molar-refractivity contribution is 6.23. The summed E-state index contributed by atoms with van der Waals surface area (Å²) in [6.07, 6.45) is 2.74. The van der Waals surface area contributed by atoms with Crippen molar-refractivity contribution in [3.8, 4) is 17.2 Å². The first-order chi connectivity index (χ1) is 14.1. The van der Waals surface area contributed by atoms with E-state index in [1.807, 2.05) is 37.3 Å². The van der Waals surface area contributed by atoms with E-state index in [4.69, 9.17) is 21.1 Å². The maximum Gasteiger partial charge on any atom is 0.173 e. The van der Waals surface area contributed by atoms with Gasteiger partial charge in [0.05, 0.1) is 11.5 Å². The molecule has 2 aromatic rings. The van der Waals surface area contributed by atoms with Gasteiger partial charge in [-0.3, -0.25) is 0 Å². The van der Waals surface area contributed by atoms with Crippen molar-refractivity contribution >= 4 is 11.6 Å². The van der Waals surface area contributed by atoms with Gasteiger partial charge >= 0.3 is 0 Å². The Labute approximate surface area is 188 Å². The number of hydrogen-bond acceptors (Lipinski definition) is 2. The summed E-state index contributed by atoms with van der Waals surface area (Å²) >= 11 is 7.03. The molecule has 2 nitrogen and oxygen atoms in total. The fraction of sp³-hybridized carbons (Fsp3) is 0.556. The van der Waals surface area contributed by atoms with E-state index in [1.165, 1.54) is 22.3 Å². The average molecular weight is 431 g/mol. The van der Waals surface area contributed by atoms with Crippen molar-refractivity contribution < 1.29 is 9.47 Å². The second kappa shape index (κ2) is 10.6. The minimum atomic E-state index is -0.488. The molecule has 0 bridgehead atoms. The van der Waals surface area contributed by atoms with Crippen LogP contribution in [0, 0.1) is 11.8 Å². The van der Waals surface area contributed by atoms with Gasteiger partial charge in [-0.25, -0.2) is 0 Å². The van der Waals surface area contributed by atoms with Crippen molar-refractivity contribution in [2.45, 2.75) is 79.5 Å². The number of ether oxygens (including phenoxy) is 2. The Morgan fingerprint density at radius 1 is 0.833 bits per heavy atom. The van der Waals surface area contributed by atoms with E-state index in [-0.39, 0.29) is 0 Å². The summed E-state index contributed by atoms with van der Waals surface area (Å²) in [4.78, 5) is -0.488. The van der Waals surface area contributed by atoms with Crippen molar-refractivity contribution in [1.29, 1.82) is 0 Å². The van der Waals surface area contributed by atoms with Gasteiger partial charge in [0.15, 0.2) is 11.5 Å². The summed E-state index contributed by atoms with van der Waals surface area (Å²) in [7, 11) is 0. The molecule has 0 N–H and O–H groups in total. The van der Waals surface area contributed by atoms with E-state index >= 15 is 0 Å². The molecule has 0 unspecified atom stereocenters. The summed E-state index contributed by atoms with van der Waals surface area (Å²) in [5, 5.41) is 0. The van der Waals surface area contributed by atoms with E-state index in [0.717, 1.165) is 36.5 Å². The monoisotopic (exact) mass is 430 g/mol. The number of hydrogen-bond donors (Lipinski definition) is 0. The van der Waals surface area contributed by atoms with Gasteiger partial charge in [-0.15, -0.1) is 11.6 Å². The Bertz CT molecular complexity index is 817. The molecule has 0 aliphatic heterocycles. The van der Waals surface area contributed by atoms with Gasteiger partial charge in [0.1, 0.15) is 5.75 Å². The predicted octanol–water partition coefficient (Wildman–Crippen LogP) is 8.31. The maximum absolute atomic E-state index is 7.03. The SMILES string of the molecule is CCOc1c(CC)c(C(C)(C)Cl)c(CC(C)C)c(CC(C)C)c1Oc1ccccc1. The lowest BCUT2D eigenvalue weighted by molar-refractivity contribution is 0.314. The van der Waals surface area contributed by atoms with Crippen LogP contribution in [0.4, 0.5) is 0 Å². The third-order valence-corrected chi connectivity index (χ3v) is 5.34. The van der Waals surface area contributed by atoms with Crippen LogP contribution < -0.4 is 9.47 Å². The lowest BCUT2D eigenvalue weighted by Crippen LogP contribution is -2.20. The quantitative estimate of drug-likeness (QED) is 0.353. The molecular weight excluding hydrogens is 392 g/mol. The van der Waals surface area contributed by atoms with Gasteiger partial charge in [0.25, 0.3) is 0 Å². The highest BCUT2D eigenvalue weighted by Gasteiger charge is 2.32. The number of halogens is 1. The molecule has 3 heteroatoms. The van der Waals surface area contributed by atoms with Crippen molar-refractivity contribution in [2.75, 3.05) is 6.61 Å². The first kappa shape index (κ1) is 24.6. The zero-order chi connectivity index (χ0) is 22.5. The summed E-state index contributed by atoms with van der Waals surface area (Å²) in [6.45, 7) is 18.0. The Hall–Kier alpha value is -1.67. The fourth-order valence-corrected chi connectivity index (χ4v) is 4.41. The molecule has 166 valence electrons. The summed E-state index contributed by atoms with van der Waals surface area (Å²) < 4.78 is 12.8. The van der Waals surface area contributed by atoms with Crippen LogP contribution >= 0.6 is 11.6 Å². The Morgan fingerprint density at radius 3 is 1.87 bits per heavy atom. The summed E-state index contributed by atoms with van der Waals surface area (Å²) in [5.41, 5.74) is 4.97. The Kier molecular flexibility index (Phi) is 8.67. The minimum absolute atomic E-state index is 0.488. The highest BCUT2D eigenvalue weighted by atomic mass is 35.5. The maximum atomic E-state index is 7.03. The van der Waals surface area contributed by atoms with Crippen LogP contribution in [0.25, 0.3) is 0 Å². The summed E-state index contributed by atoms with van der Waals surface area (Å²) in [6, 6.07) is 10.0. The molecule has 0 saturated heterocycles. The largest absolute Gasteiger partial charge is 0.490 e. The molecule has 0 saturated carbocycles. The van der Waals surface area contributed by atoms with E-state index in [2.05, 4.69) is 48.5 Å². The van der Waals surface area contributed by atoms with Gasteiger partial charge in [0, 0.05) is 11.1 Å². The van der Waals surface area contributed by atoms with Crippen LogP contribution in [0.3, 0.4) is 0 Å². The molecule has 0 spiro atoms. The Morgan fingerprint density at radius 2 is 1.40 bits per heavy atom. The average Bonchev–Trinajstić information content (AvgIpc) is 2.65. The van der Waals surface area contributed by atoms with Crippen molar-refractivity contribution in [3.63, 3.8) is 0 Å². The third kappa shape index (κ3) is 5.94. The third-order valence-electron chi connectivity index (χ3n) is 5.15. The van der Waals surface area contributed by atoms with Gasteiger partial charge in [-0.2, -0.15) is 0 Å². The fourth-order valence-electron chi connectivity index (χ4n) is 4.18. The number of alkyl halides is 1. The topological polar surface area (TPSA) is 18.5 Å². The normalized spacial score (nSPS) is 12.0. The molecule has 0 amide bonds. The lowest BCUT2D eigenvalue weighted by Gasteiger charge is -2.32. The van der Waals surface area contributed by atoms with Crippen LogP contribution in [0.1, 0.15) is 77.6 Å². The molecule has 0 heterocycles. The van der Waals surface area contributed by atoms with Gasteiger partial charge < -0.3 is 9.47 Å². The number of para-hydroxylation sites is 1. The standard InChI is InChI=1S/C27H39ClO2/c1-9-21-24(27(7,8)28)22(16-18(3)4)23(17-19(5)6)26(25(21)29-10-2)30-20-14-12-11-13-15-20/h11-15,18-19H,9-10,16-17H2,1-8H3. The summed E-state index contributed by atoms with van der Waals surface area (Å²) in [5.74, 6) is 3.56. The van der Waals surface area contributed by atoms with Gasteiger partial charge in [0.2, 0.25) is 0 Å². The van der Waals surface area contributed by atoms with Crippen molar-refractivity contribution in [1.82, 2.24) is 0 Å². The molecule has 30 heavy (non-hydrogen) atoms. The molecule has 0 radical (unpaired) electrons. The van der Waals surface area contributed by atoms with Crippen LogP contribution in [-0.2, 0) is 24.1 Å². The first-order valence-electron chi connectivity index (χ1n) is 11.4.